The Kier molecular flexibility index (Phi) is 6.02. The Bertz CT molecular complexity index is 812. The van der Waals surface area contributed by atoms with Crippen molar-refractivity contribution in [2.45, 2.75) is 31.6 Å². The number of phenols is 1. The Balaban J connectivity index is 1.65. The van der Waals surface area contributed by atoms with Crippen LogP contribution >= 0.6 is 0 Å². The zero-order chi connectivity index (χ0) is 21.3. The first-order chi connectivity index (χ1) is 14.4. The molecule has 2 saturated heterocycles. The molecule has 2 atom stereocenters. The summed E-state index contributed by atoms with van der Waals surface area (Å²) in [5.41, 5.74) is 0.278. The van der Waals surface area contributed by atoms with Crippen LogP contribution in [0.1, 0.15) is 31.0 Å². The molecule has 3 aliphatic rings. The molecule has 2 fully saturated rings. The molecule has 8 nitrogen and oxygen atoms in total. The van der Waals surface area contributed by atoms with Crippen LogP contribution in [0.4, 0.5) is 0 Å². The number of aliphatic hydroxyl groups excluding tert-OH is 1. The molecule has 1 aromatic rings. The van der Waals surface area contributed by atoms with Gasteiger partial charge in [0.2, 0.25) is 5.91 Å². The van der Waals surface area contributed by atoms with Crippen molar-refractivity contribution in [3.8, 4) is 11.5 Å². The molecule has 0 aliphatic carbocycles. The topological polar surface area (TPSA) is 91.7 Å². The lowest BCUT2D eigenvalue weighted by Crippen LogP contribution is -2.55. The van der Waals surface area contributed by atoms with E-state index in [0.29, 0.717) is 69.5 Å². The summed E-state index contributed by atoms with van der Waals surface area (Å²) < 4.78 is 16.8. The van der Waals surface area contributed by atoms with E-state index in [2.05, 4.69) is 4.90 Å². The number of carbonyl (C=O) groups excluding carboxylic acids is 1. The van der Waals surface area contributed by atoms with Crippen molar-refractivity contribution in [2.75, 3.05) is 52.6 Å². The molecule has 0 radical (unpaired) electrons. The molecule has 0 aromatic heterocycles. The number of morpholine rings is 2. The van der Waals surface area contributed by atoms with Crippen molar-refractivity contribution in [1.82, 2.24) is 9.80 Å². The highest BCUT2D eigenvalue weighted by molar-refractivity contribution is 5.92. The van der Waals surface area contributed by atoms with E-state index in [9.17, 15) is 15.0 Å². The smallest absolute Gasteiger partial charge is 0.246 e. The first-order valence-corrected chi connectivity index (χ1v) is 10.5. The van der Waals surface area contributed by atoms with Crippen LogP contribution in [0.2, 0.25) is 0 Å². The molecule has 3 aliphatic heterocycles. The molecule has 0 unspecified atom stereocenters. The van der Waals surface area contributed by atoms with Gasteiger partial charge in [0.1, 0.15) is 23.2 Å². The van der Waals surface area contributed by atoms with Gasteiger partial charge in [-0.2, -0.15) is 0 Å². The fraction of sp³-hybridized carbons (Fsp3) is 0.591. The second-order valence-corrected chi connectivity index (χ2v) is 8.43. The van der Waals surface area contributed by atoms with E-state index in [4.69, 9.17) is 14.2 Å². The van der Waals surface area contributed by atoms with Gasteiger partial charge < -0.3 is 29.3 Å². The maximum absolute atomic E-state index is 12.4. The summed E-state index contributed by atoms with van der Waals surface area (Å²) in [7, 11) is 0. The Labute approximate surface area is 176 Å². The van der Waals surface area contributed by atoms with Crippen LogP contribution < -0.4 is 4.74 Å². The number of ether oxygens (including phenoxy) is 3. The number of carbonyl (C=O) groups is 1. The summed E-state index contributed by atoms with van der Waals surface area (Å²) in [5.74, 6) is 0.470. The molecular weight excluding hydrogens is 388 g/mol. The molecule has 30 heavy (non-hydrogen) atoms. The Morgan fingerprint density at radius 3 is 2.40 bits per heavy atom. The van der Waals surface area contributed by atoms with Gasteiger partial charge in [0.15, 0.2) is 0 Å². The minimum Gasteiger partial charge on any atom is -0.507 e. The molecule has 1 aromatic carbocycles. The SMILES string of the molecule is CC1(C)Oc2ccc(/C=C/C(=O)N3CCOCC3)c(O)c2[C@@H](N2CCOCC2)[C@@H]1O. The van der Waals surface area contributed by atoms with Gasteiger partial charge in [-0.1, -0.05) is 0 Å². The Morgan fingerprint density at radius 2 is 1.73 bits per heavy atom. The number of phenolic OH excluding ortho intramolecular Hbond substituents is 1. The zero-order valence-corrected chi connectivity index (χ0v) is 17.5. The van der Waals surface area contributed by atoms with Crippen LogP contribution in [0.25, 0.3) is 6.08 Å². The first kappa shape index (κ1) is 21.1. The van der Waals surface area contributed by atoms with Crippen LogP contribution in [-0.4, -0.2) is 90.2 Å². The number of aliphatic hydroxyl groups is 1. The number of rotatable bonds is 3. The minimum absolute atomic E-state index is 0.0320. The van der Waals surface area contributed by atoms with Crippen molar-refractivity contribution in [1.29, 1.82) is 0 Å². The normalized spacial score (nSPS) is 27.0. The largest absolute Gasteiger partial charge is 0.507 e. The van der Waals surface area contributed by atoms with E-state index in [1.54, 1.807) is 23.1 Å². The van der Waals surface area contributed by atoms with Crippen molar-refractivity contribution in [2.24, 2.45) is 0 Å². The summed E-state index contributed by atoms with van der Waals surface area (Å²) in [5, 5.41) is 22.2. The highest BCUT2D eigenvalue weighted by Crippen LogP contribution is 2.48. The lowest BCUT2D eigenvalue weighted by molar-refractivity contribution is -0.129. The van der Waals surface area contributed by atoms with E-state index < -0.39 is 17.7 Å². The van der Waals surface area contributed by atoms with Gasteiger partial charge in [-0.3, -0.25) is 9.69 Å². The fourth-order valence-corrected chi connectivity index (χ4v) is 4.29. The third-order valence-electron chi connectivity index (χ3n) is 6.06. The molecule has 3 heterocycles. The van der Waals surface area contributed by atoms with Crippen molar-refractivity contribution in [3.63, 3.8) is 0 Å². The Morgan fingerprint density at radius 1 is 1.10 bits per heavy atom. The van der Waals surface area contributed by atoms with Crippen molar-refractivity contribution in [3.05, 3.63) is 29.3 Å². The molecular formula is C22H30N2O6. The monoisotopic (exact) mass is 418 g/mol. The van der Waals surface area contributed by atoms with Gasteiger partial charge >= 0.3 is 0 Å². The molecule has 8 heteroatoms. The third-order valence-corrected chi connectivity index (χ3v) is 6.06. The number of hydrogen-bond acceptors (Lipinski definition) is 7. The molecule has 2 N–H and O–H groups in total. The lowest BCUT2D eigenvalue weighted by Gasteiger charge is -2.47. The van der Waals surface area contributed by atoms with Crippen LogP contribution in [0.3, 0.4) is 0 Å². The molecule has 0 spiro atoms. The number of aromatic hydroxyl groups is 1. The molecule has 0 bridgehead atoms. The highest BCUT2D eigenvalue weighted by Gasteiger charge is 2.47. The first-order valence-electron chi connectivity index (χ1n) is 10.5. The van der Waals surface area contributed by atoms with Crippen molar-refractivity contribution < 1.29 is 29.2 Å². The maximum atomic E-state index is 12.4. The summed E-state index contributed by atoms with van der Waals surface area (Å²) in [6.07, 6.45) is 2.26. The third kappa shape index (κ3) is 4.05. The van der Waals surface area contributed by atoms with E-state index in [0.717, 1.165) is 0 Å². The molecule has 0 saturated carbocycles. The fourth-order valence-electron chi connectivity index (χ4n) is 4.29. The number of nitrogens with zero attached hydrogens (tertiary/aromatic N) is 2. The van der Waals surface area contributed by atoms with Gasteiger partial charge in [-0.15, -0.1) is 0 Å². The van der Waals surface area contributed by atoms with Crippen LogP contribution in [0, 0.1) is 0 Å². The van der Waals surface area contributed by atoms with E-state index in [-0.39, 0.29) is 11.7 Å². The summed E-state index contributed by atoms with van der Waals surface area (Å²) in [6.45, 7) is 8.37. The molecule has 164 valence electrons. The van der Waals surface area contributed by atoms with E-state index in [1.165, 1.54) is 6.08 Å². The van der Waals surface area contributed by atoms with Crippen LogP contribution in [0.5, 0.6) is 11.5 Å². The quantitative estimate of drug-likeness (QED) is 0.712. The van der Waals surface area contributed by atoms with E-state index in [1.807, 2.05) is 13.8 Å². The summed E-state index contributed by atoms with van der Waals surface area (Å²) in [6, 6.07) is 3.12. The number of benzene rings is 1. The van der Waals surface area contributed by atoms with E-state index >= 15 is 0 Å². The lowest BCUT2D eigenvalue weighted by atomic mass is 9.84. The molecule has 1 amide bonds. The summed E-state index contributed by atoms with van der Waals surface area (Å²) >= 11 is 0. The zero-order valence-electron chi connectivity index (χ0n) is 17.5. The molecule has 4 rings (SSSR count). The average Bonchev–Trinajstić information content (AvgIpc) is 2.75. The average molecular weight is 418 g/mol. The standard InChI is InChI=1S/C22H30N2O6/c1-22(2)21(27)19(24-9-13-29-14-10-24)18-16(30-22)5-3-15(20(18)26)4-6-17(25)23-7-11-28-12-8-23/h3-6,19,21,26-27H,7-14H2,1-2H3/b6-4+/t19-,21+/m1/s1. The highest BCUT2D eigenvalue weighted by atomic mass is 16.5. The predicted octanol–water partition coefficient (Wildman–Crippen LogP) is 1.17. The van der Waals surface area contributed by atoms with Gasteiger partial charge in [0.05, 0.1) is 38.0 Å². The van der Waals surface area contributed by atoms with Gasteiger partial charge in [-0.05, 0) is 32.1 Å². The maximum Gasteiger partial charge on any atom is 0.246 e. The number of amides is 1. The van der Waals surface area contributed by atoms with Crippen LogP contribution in [-0.2, 0) is 14.3 Å². The van der Waals surface area contributed by atoms with Gasteiger partial charge in [-0.25, -0.2) is 0 Å². The Hall–Kier alpha value is -2.13. The predicted molar refractivity (Wildman–Crippen MR) is 110 cm³/mol. The van der Waals surface area contributed by atoms with Crippen molar-refractivity contribution >= 4 is 12.0 Å². The van der Waals surface area contributed by atoms with Gasteiger partial charge in [0, 0.05) is 37.8 Å². The van der Waals surface area contributed by atoms with Crippen LogP contribution in [0.15, 0.2) is 18.2 Å². The second-order valence-electron chi connectivity index (χ2n) is 8.43. The summed E-state index contributed by atoms with van der Waals surface area (Å²) in [4.78, 5) is 16.3. The van der Waals surface area contributed by atoms with Gasteiger partial charge in [0.25, 0.3) is 0 Å². The minimum atomic E-state index is -0.830. The second kappa shape index (κ2) is 8.55. The number of fused-ring (bicyclic) bond motifs is 1. The number of hydrogen-bond donors (Lipinski definition) is 2.